The number of nitrogens with zero attached hydrogens (tertiary/aromatic N) is 2. The number of carbonyl (C=O) groups is 1. The van der Waals surface area contributed by atoms with E-state index in [-0.39, 0.29) is 5.91 Å². The monoisotopic (exact) mass is 308 g/mol. The topological polar surface area (TPSA) is 32.8 Å². The average Bonchev–Trinajstić information content (AvgIpc) is 3.23. The fourth-order valence-electron chi connectivity index (χ4n) is 4.22. The van der Waals surface area contributed by atoms with Crippen molar-refractivity contribution in [2.75, 3.05) is 39.4 Å². The summed E-state index contributed by atoms with van der Waals surface area (Å²) in [5, 5.41) is 0. The van der Waals surface area contributed by atoms with Gasteiger partial charge in [0, 0.05) is 38.6 Å². The number of carbonyl (C=O) groups excluding carboxylic acids is 1. The van der Waals surface area contributed by atoms with Gasteiger partial charge in [-0.2, -0.15) is 0 Å². The van der Waals surface area contributed by atoms with Crippen molar-refractivity contribution in [1.82, 2.24) is 9.80 Å². The molecule has 1 spiro atoms. The second kappa shape index (κ2) is 6.48. The second-order valence-electron chi connectivity index (χ2n) is 8.07. The molecule has 2 heterocycles. The lowest BCUT2D eigenvalue weighted by Crippen LogP contribution is -2.47. The number of ether oxygens (including phenoxy) is 1. The van der Waals surface area contributed by atoms with Gasteiger partial charge in [-0.3, -0.25) is 4.79 Å². The lowest BCUT2D eigenvalue weighted by Gasteiger charge is -2.43. The third kappa shape index (κ3) is 3.48. The molecule has 1 atom stereocenters. The van der Waals surface area contributed by atoms with E-state index in [1.807, 2.05) is 0 Å². The Kier molecular flexibility index (Phi) is 4.79. The molecule has 0 aromatic carbocycles. The van der Waals surface area contributed by atoms with Crippen molar-refractivity contribution >= 4 is 5.91 Å². The van der Waals surface area contributed by atoms with Gasteiger partial charge in [0.1, 0.15) is 0 Å². The average molecular weight is 308 g/mol. The third-order valence-corrected chi connectivity index (χ3v) is 6.15. The van der Waals surface area contributed by atoms with Gasteiger partial charge in [-0.1, -0.05) is 0 Å². The van der Waals surface area contributed by atoms with E-state index in [0.717, 1.165) is 32.2 Å². The van der Waals surface area contributed by atoms with Crippen LogP contribution in [-0.2, 0) is 9.53 Å². The summed E-state index contributed by atoms with van der Waals surface area (Å²) >= 11 is 0. The first kappa shape index (κ1) is 16.3. The summed E-state index contributed by atoms with van der Waals surface area (Å²) in [7, 11) is 0. The molecule has 0 aromatic heterocycles. The van der Waals surface area contributed by atoms with Crippen molar-refractivity contribution in [3.05, 3.63) is 0 Å². The minimum Gasteiger partial charge on any atom is -0.381 e. The lowest BCUT2D eigenvalue weighted by atomic mass is 9.71. The van der Waals surface area contributed by atoms with Crippen LogP contribution in [0.2, 0.25) is 0 Å². The Balaban J connectivity index is 1.61. The fourth-order valence-corrected chi connectivity index (χ4v) is 4.22. The molecule has 2 aliphatic heterocycles. The minimum absolute atomic E-state index is 0.232. The predicted octanol–water partition coefficient (Wildman–Crippen LogP) is 2.38. The van der Waals surface area contributed by atoms with Gasteiger partial charge >= 0.3 is 0 Å². The smallest absolute Gasteiger partial charge is 0.219 e. The van der Waals surface area contributed by atoms with Gasteiger partial charge in [-0.25, -0.2) is 0 Å². The first-order valence-corrected chi connectivity index (χ1v) is 9.07. The van der Waals surface area contributed by atoms with Crippen LogP contribution in [0.25, 0.3) is 0 Å². The van der Waals surface area contributed by atoms with E-state index in [1.54, 1.807) is 6.92 Å². The Morgan fingerprint density at radius 1 is 1.23 bits per heavy atom. The van der Waals surface area contributed by atoms with Crippen molar-refractivity contribution in [3.63, 3.8) is 0 Å². The molecule has 0 bridgehead atoms. The predicted molar refractivity (Wildman–Crippen MR) is 87.7 cm³/mol. The highest BCUT2D eigenvalue weighted by molar-refractivity contribution is 5.73. The van der Waals surface area contributed by atoms with E-state index in [9.17, 15) is 4.79 Å². The Morgan fingerprint density at radius 3 is 2.45 bits per heavy atom. The van der Waals surface area contributed by atoms with Gasteiger partial charge in [0.05, 0.1) is 6.61 Å². The summed E-state index contributed by atoms with van der Waals surface area (Å²) in [6.07, 6.45) is 5.12. The van der Waals surface area contributed by atoms with E-state index in [0.29, 0.717) is 17.4 Å². The quantitative estimate of drug-likeness (QED) is 0.782. The molecule has 1 saturated carbocycles. The van der Waals surface area contributed by atoms with Crippen LogP contribution >= 0.6 is 0 Å². The van der Waals surface area contributed by atoms with Crippen molar-refractivity contribution in [1.29, 1.82) is 0 Å². The van der Waals surface area contributed by atoms with Crippen LogP contribution < -0.4 is 0 Å². The standard InChI is InChI=1S/C18H32N2O2/c1-14(2)19-8-6-18(7-9-19)13-20(15(3)21)10-17(18)12-22-11-16-4-5-16/h14,16-17H,4-13H2,1-3H3/t17-/m0/s1. The zero-order chi connectivity index (χ0) is 15.7. The summed E-state index contributed by atoms with van der Waals surface area (Å²) < 4.78 is 6.02. The maximum Gasteiger partial charge on any atom is 0.219 e. The summed E-state index contributed by atoms with van der Waals surface area (Å²) in [6, 6.07) is 0.632. The lowest BCUT2D eigenvalue weighted by molar-refractivity contribution is -0.128. The molecular weight excluding hydrogens is 276 g/mol. The molecule has 3 aliphatic rings. The van der Waals surface area contributed by atoms with Crippen LogP contribution in [0.1, 0.15) is 46.5 Å². The highest BCUT2D eigenvalue weighted by Gasteiger charge is 2.48. The van der Waals surface area contributed by atoms with Crippen molar-refractivity contribution in [2.24, 2.45) is 17.3 Å². The van der Waals surface area contributed by atoms with Crippen LogP contribution in [0.3, 0.4) is 0 Å². The highest BCUT2D eigenvalue weighted by atomic mass is 16.5. The molecular formula is C18H32N2O2. The first-order valence-electron chi connectivity index (χ1n) is 9.07. The van der Waals surface area contributed by atoms with Gasteiger partial charge in [0.25, 0.3) is 0 Å². The summed E-state index contributed by atoms with van der Waals surface area (Å²) in [4.78, 5) is 16.5. The molecule has 0 aromatic rings. The van der Waals surface area contributed by atoms with E-state index < -0.39 is 0 Å². The zero-order valence-electron chi connectivity index (χ0n) is 14.5. The third-order valence-electron chi connectivity index (χ3n) is 6.15. The van der Waals surface area contributed by atoms with Crippen molar-refractivity contribution in [3.8, 4) is 0 Å². The number of piperidine rings is 1. The van der Waals surface area contributed by atoms with Crippen LogP contribution in [-0.4, -0.2) is 61.1 Å². The summed E-state index contributed by atoms with van der Waals surface area (Å²) in [6.45, 7) is 12.3. The van der Waals surface area contributed by atoms with Crippen LogP contribution in [0.4, 0.5) is 0 Å². The normalized spacial score (nSPS) is 28.7. The van der Waals surface area contributed by atoms with E-state index in [1.165, 1.54) is 38.8 Å². The summed E-state index contributed by atoms with van der Waals surface area (Å²) in [5.74, 6) is 1.59. The van der Waals surface area contributed by atoms with Gasteiger partial charge in [-0.05, 0) is 64.0 Å². The number of likely N-dealkylation sites (tertiary alicyclic amines) is 2. The van der Waals surface area contributed by atoms with Gasteiger partial charge < -0.3 is 14.5 Å². The Labute approximate surface area is 135 Å². The zero-order valence-corrected chi connectivity index (χ0v) is 14.5. The maximum atomic E-state index is 11.9. The molecule has 22 heavy (non-hydrogen) atoms. The maximum absolute atomic E-state index is 11.9. The molecule has 0 radical (unpaired) electrons. The molecule has 3 fully saturated rings. The second-order valence-corrected chi connectivity index (χ2v) is 8.07. The van der Waals surface area contributed by atoms with E-state index >= 15 is 0 Å². The molecule has 0 unspecified atom stereocenters. The SMILES string of the molecule is CC(=O)N1C[C@@H](COCC2CC2)C2(CCN(C(C)C)CC2)C1. The molecule has 1 amide bonds. The van der Waals surface area contributed by atoms with Crippen LogP contribution in [0.5, 0.6) is 0 Å². The van der Waals surface area contributed by atoms with Crippen LogP contribution in [0.15, 0.2) is 0 Å². The number of amides is 1. The molecule has 4 heteroatoms. The number of hydrogen-bond donors (Lipinski definition) is 0. The Hall–Kier alpha value is -0.610. The van der Waals surface area contributed by atoms with Gasteiger partial charge in [0.2, 0.25) is 5.91 Å². The first-order chi connectivity index (χ1) is 10.5. The van der Waals surface area contributed by atoms with Crippen LogP contribution in [0, 0.1) is 17.3 Å². The van der Waals surface area contributed by atoms with Crippen molar-refractivity contribution < 1.29 is 9.53 Å². The van der Waals surface area contributed by atoms with E-state index in [2.05, 4.69) is 23.6 Å². The Morgan fingerprint density at radius 2 is 1.91 bits per heavy atom. The minimum atomic E-state index is 0.232. The van der Waals surface area contributed by atoms with E-state index in [4.69, 9.17) is 4.74 Å². The largest absolute Gasteiger partial charge is 0.381 e. The van der Waals surface area contributed by atoms with Crippen molar-refractivity contribution in [2.45, 2.75) is 52.5 Å². The fraction of sp³-hybridized carbons (Fsp3) is 0.944. The molecule has 3 rings (SSSR count). The number of hydrogen-bond acceptors (Lipinski definition) is 3. The molecule has 2 saturated heterocycles. The molecule has 0 N–H and O–H groups in total. The van der Waals surface area contributed by atoms with Gasteiger partial charge in [-0.15, -0.1) is 0 Å². The Bertz CT molecular complexity index is 398. The van der Waals surface area contributed by atoms with Gasteiger partial charge in [0.15, 0.2) is 0 Å². The number of rotatable bonds is 5. The molecule has 126 valence electrons. The highest BCUT2D eigenvalue weighted by Crippen LogP contribution is 2.45. The summed E-state index contributed by atoms with van der Waals surface area (Å²) in [5.41, 5.74) is 0.306. The molecule has 4 nitrogen and oxygen atoms in total. The molecule has 1 aliphatic carbocycles.